The number of esters is 1. The minimum Gasteiger partial charge on any atom is -0.464 e. The third-order valence-electron chi connectivity index (χ3n) is 5.21. The summed E-state index contributed by atoms with van der Waals surface area (Å²) in [5.41, 5.74) is 3.44. The zero-order valence-electron chi connectivity index (χ0n) is 21.1. The highest BCUT2D eigenvalue weighted by Gasteiger charge is 2.39. The van der Waals surface area contributed by atoms with Crippen LogP contribution in [0.1, 0.15) is 43.5 Å². The van der Waals surface area contributed by atoms with Crippen molar-refractivity contribution >= 4 is 40.1 Å². The fraction of sp³-hybridized carbons (Fsp3) is 0.308. The van der Waals surface area contributed by atoms with E-state index in [-0.39, 0.29) is 5.69 Å². The van der Waals surface area contributed by atoms with Gasteiger partial charge < -0.3 is 20.5 Å². The summed E-state index contributed by atoms with van der Waals surface area (Å²) < 4.78 is 4.86. The smallest absolute Gasteiger partial charge is 0.355 e. The number of benzene rings is 2. The highest BCUT2D eigenvalue weighted by atomic mass is 16.5. The predicted octanol–water partition coefficient (Wildman–Crippen LogP) is 2.75. The van der Waals surface area contributed by atoms with Crippen molar-refractivity contribution in [1.29, 1.82) is 0 Å². The molecule has 36 heavy (non-hydrogen) atoms. The molecule has 3 N–H and O–H groups in total. The van der Waals surface area contributed by atoms with Crippen LogP contribution in [0.15, 0.2) is 52.4 Å². The highest BCUT2D eigenvalue weighted by molar-refractivity contribution is 6.53. The number of ketones is 1. The van der Waals surface area contributed by atoms with Crippen molar-refractivity contribution in [3.05, 3.63) is 69.6 Å². The molecule has 0 saturated carbocycles. The van der Waals surface area contributed by atoms with Crippen molar-refractivity contribution in [2.75, 3.05) is 12.4 Å². The molecule has 0 aliphatic carbocycles. The van der Waals surface area contributed by atoms with E-state index < -0.39 is 40.4 Å². The molecule has 0 bridgehead atoms. The molecule has 0 radical (unpaired) electrons. The maximum atomic E-state index is 13.6. The number of aromatic nitrogens is 2. The van der Waals surface area contributed by atoms with E-state index in [4.69, 9.17) is 4.74 Å². The maximum Gasteiger partial charge on any atom is 0.355 e. The minimum atomic E-state index is -1.73. The third-order valence-corrected chi connectivity index (χ3v) is 5.21. The number of hydrazone groups is 1. The Morgan fingerprint density at radius 2 is 1.78 bits per heavy atom. The van der Waals surface area contributed by atoms with Gasteiger partial charge in [-0.15, -0.1) is 0 Å². The van der Waals surface area contributed by atoms with Crippen molar-refractivity contribution < 1.29 is 19.1 Å². The van der Waals surface area contributed by atoms with E-state index in [1.165, 1.54) is 0 Å². The van der Waals surface area contributed by atoms with Gasteiger partial charge in [0, 0.05) is 11.2 Å². The molecule has 3 aromatic rings. The zero-order chi connectivity index (χ0) is 26.6. The number of hydrogen-bond donors (Lipinski definition) is 3. The van der Waals surface area contributed by atoms with E-state index in [9.17, 15) is 19.2 Å². The molecule has 0 fully saturated rings. The van der Waals surface area contributed by atoms with Gasteiger partial charge in [-0.2, -0.15) is 5.10 Å². The predicted molar refractivity (Wildman–Crippen MR) is 137 cm³/mol. The van der Waals surface area contributed by atoms with Gasteiger partial charge in [0.25, 0.3) is 11.5 Å². The number of nitrogens with one attached hydrogen (secondary N) is 3. The van der Waals surface area contributed by atoms with Crippen LogP contribution in [0, 0.1) is 13.8 Å². The lowest BCUT2D eigenvalue weighted by atomic mass is 9.93. The van der Waals surface area contributed by atoms with Crippen molar-refractivity contribution in [2.24, 2.45) is 5.10 Å². The van der Waals surface area contributed by atoms with Crippen LogP contribution in [0.25, 0.3) is 11.0 Å². The molecule has 0 aliphatic heterocycles. The standard InChI is InChI=1S/C26H29N5O5/c1-14-11-12-15(2)18(13-14)29-24(34)22(32)19(21(25(35)36-6)30-31-26(3,4)5)20-23(33)28-17-10-8-7-9-16(17)27-20/h7-13,19,31H,1-6H3,(H,28,33)(H,29,34)/b30-21-/t19-/m0/s1. The molecule has 1 atom stereocenters. The lowest BCUT2D eigenvalue weighted by Crippen LogP contribution is -2.42. The first kappa shape index (κ1) is 26.3. The first-order valence-electron chi connectivity index (χ1n) is 11.3. The minimum absolute atomic E-state index is 0.352. The number of anilines is 1. The fourth-order valence-electron chi connectivity index (χ4n) is 3.36. The molecule has 0 saturated heterocycles. The zero-order valence-corrected chi connectivity index (χ0v) is 21.1. The quantitative estimate of drug-likeness (QED) is 0.200. The second-order valence-electron chi connectivity index (χ2n) is 9.39. The molecular formula is C26H29N5O5. The van der Waals surface area contributed by atoms with Gasteiger partial charge >= 0.3 is 5.97 Å². The number of methoxy groups -OCH3 is 1. The van der Waals surface area contributed by atoms with E-state index >= 15 is 0 Å². The van der Waals surface area contributed by atoms with Crippen LogP contribution in [0.4, 0.5) is 5.69 Å². The van der Waals surface area contributed by atoms with Crippen molar-refractivity contribution in [3.8, 4) is 0 Å². The number of para-hydroxylation sites is 2. The summed E-state index contributed by atoms with van der Waals surface area (Å²) in [5, 5.41) is 6.69. The van der Waals surface area contributed by atoms with Gasteiger partial charge in [-0.25, -0.2) is 9.78 Å². The Bertz CT molecular complexity index is 1420. The van der Waals surface area contributed by atoms with Gasteiger partial charge in [0.05, 0.1) is 18.1 Å². The Morgan fingerprint density at radius 3 is 2.44 bits per heavy atom. The second kappa shape index (κ2) is 10.5. The Kier molecular flexibility index (Phi) is 7.67. The number of amides is 1. The molecule has 3 rings (SSSR count). The summed E-state index contributed by atoms with van der Waals surface area (Å²) >= 11 is 0. The summed E-state index contributed by atoms with van der Waals surface area (Å²) in [4.78, 5) is 59.6. The molecule has 0 aliphatic rings. The number of aryl methyl sites for hydroxylation is 2. The number of ether oxygens (including phenoxy) is 1. The number of fused-ring (bicyclic) bond motifs is 1. The number of carbonyl (C=O) groups excluding carboxylic acids is 3. The first-order valence-corrected chi connectivity index (χ1v) is 11.3. The molecule has 10 nitrogen and oxygen atoms in total. The second-order valence-corrected chi connectivity index (χ2v) is 9.39. The normalized spacial score (nSPS) is 12.7. The summed E-state index contributed by atoms with van der Waals surface area (Å²) in [6.07, 6.45) is 0. The van der Waals surface area contributed by atoms with Crippen LogP contribution >= 0.6 is 0 Å². The van der Waals surface area contributed by atoms with Crippen LogP contribution < -0.4 is 16.3 Å². The SMILES string of the molecule is COC(=O)/C(=N\NC(C)(C)C)[C@@H](C(=O)C(=O)Nc1cc(C)ccc1C)c1nc2ccccc2[nH]c1=O. The Labute approximate surface area is 208 Å². The van der Waals surface area contributed by atoms with Crippen LogP contribution in [-0.2, 0) is 19.1 Å². The van der Waals surface area contributed by atoms with Crippen LogP contribution in [0.5, 0.6) is 0 Å². The largest absolute Gasteiger partial charge is 0.464 e. The molecule has 0 spiro atoms. The summed E-state index contributed by atoms with van der Waals surface area (Å²) in [6, 6.07) is 12.1. The average Bonchev–Trinajstić information content (AvgIpc) is 2.82. The van der Waals surface area contributed by atoms with Crippen molar-refractivity contribution in [3.63, 3.8) is 0 Å². The molecular weight excluding hydrogens is 462 g/mol. The van der Waals surface area contributed by atoms with Gasteiger partial charge in [-0.3, -0.25) is 14.4 Å². The molecule has 188 valence electrons. The molecule has 2 aromatic carbocycles. The molecule has 10 heteroatoms. The summed E-state index contributed by atoms with van der Waals surface area (Å²) in [7, 11) is 1.12. The van der Waals surface area contributed by atoms with E-state index in [0.717, 1.165) is 18.2 Å². The number of Topliss-reactive ketones (excluding diaryl/α,β-unsaturated/α-hetero) is 1. The summed E-state index contributed by atoms with van der Waals surface area (Å²) in [6.45, 7) is 8.99. The van der Waals surface area contributed by atoms with E-state index in [1.807, 2.05) is 13.0 Å². The Morgan fingerprint density at radius 1 is 1.08 bits per heavy atom. The van der Waals surface area contributed by atoms with Gasteiger partial charge in [0.2, 0.25) is 5.78 Å². The monoisotopic (exact) mass is 491 g/mol. The van der Waals surface area contributed by atoms with Gasteiger partial charge in [-0.1, -0.05) is 24.3 Å². The van der Waals surface area contributed by atoms with E-state index in [1.54, 1.807) is 64.1 Å². The molecule has 1 aromatic heterocycles. The average molecular weight is 492 g/mol. The maximum absolute atomic E-state index is 13.6. The van der Waals surface area contributed by atoms with E-state index in [2.05, 4.69) is 25.8 Å². The van der Waals surface area contributed by atoms with Gasteiger partial charge in [-0.05, 0) is 63.9 Å². The molecule has 1 amide bonds. The number of carbonyl (C=O) groups is 3. The third kappa shape index (κ3) is 6.01. The van der Waals surface area contributed by atoms with Gasteiger partial charge in [0.1, 0.15) is 11.6 Å². The lowest BCUT2D eigenvalue weighted by molar-refractivity contribution is -0.136. The van der Waals surface area contributed by atoms with Crippen LogP contribution in [-0.4, -0.2) is 46.0 Å². The Hall–Kier alpha value is -4.34. The van der Waals surface area contributed by atoms with E-state index in [0.29, 0.717) is 16.7 Å². The summed E-state index contributed by atoms with van der Waals surface area (Å²) in [5.74, 6) is -4.84. The number of rotatable bonds is 7. The highest BCUT2D eigenvalue weighted by Crippen LogP contribution is 2.21. The molecule has 1 heterocycles. The van der Waals surface area contributed by atoms with Crippen molar-refractivity contribution in [1.82, 2.24) is 15.4 Å². The lowest BCUT2D eigenvalue weighted by Gasteiger charge is -2.21. The first-order chi connectivity index (χ1) is 16.9. The van der Waals surface area contributed by atoms with Crippen molar-refractivity contribution in [2.45, 2.75) is 46.1 Å². The number of hydrogen-bond acceptors (Lipinski definition) is 8. The van der Waals surface area contributed by atoms with Crippen LogP contribution in [0.3, 0.4) is 0 Å². The van der Waals surface area contributed by atoms with Gasteiger partial charge in [0.15, 0.2) is 5.71 Å². The molecule has 0 unspecified atom stereocenters. The number of aromatic amines is 1. The number of nitrogens with zero attached hydrogens (tertiary/aromatic N) is 2. The topological polar surface area (TPSA) is 143 Å². The fourth-order valence-corrected chi connectivity index (χ4v) is 3.36. The number of H-pyrrole nitrogens is 1. The Balaban J connectivity index is 2.18. The van der Waals surface area contributed by atoms with Crippen LogP contribution in [0.2, 0.25) is 0 Å².